The molecule has 1 saturated heterocycles. The molecular formula is C15H21N3O3. The van der Waals surface area contributed by atoms with Crippen LogP contribution in [-0.4, -0.2) is 35.4 Å². The molecule has 1 aromatic rings. The van der Waals surface area contributed by atoms with E-state index < -0.39 is 4.92 Å². The molecule has 0 aliphatic carbocycles. The van der Waals surface area contributed by atoms with Gasteiger partial charge in [0.15, 0.2) is 0 Å². The fourth-order valence-corrected chi connectivity index (χ4v) is 2.59. The van der Waals surface area contributed by atoms with E-state index in [0.717, 1.165) is 31.5 Å². The summed E-state index contributed by atoms with van der Waals surface area (Å²) in [7, 11) is 0. The number of carbonyl (C=O) groups excluding carboxylic acids is 1. The lowest BCUT2D eigenvalue weighted by molar-refractivity contribution is -0.384. The molecule has 1 aromatic carbocycles. The van der Waals surface area contributed by atoms with Gasteiger partial charge in [0.1, 0.15) is 0 Å². The smallest absolute Gasteiger partial charge is 0.271 e. The number of nitrogens with one attached hydrogen (secondary N) is 1. The largest absolute Gasteiger partial charge is 0.384 e. The van der Waals surface area contributed by atoms with Gasteiger partial charge in [-0.25, -0.2) is 0 Å². The first-order chi connectivity index (χ1) is 10.1. The van der Waals surface area contributed by atoms with Gasteiger partial charge >= 0.3 is 0 Å². The van der Waals surface area contributed by atoms with Gasteiger partial charge in [-0.3, -0.25) is 14.9 Å². The molecule has 0 unspecified atom stereocenters. The Morgan fingerprint density at radius 1 is 1.29 bits per heavy atom. The number of anilines is 1. The van der Waals surface area contributed by atoms with Crippen molar-refractivity contribution < 1.29 is 9.72 Å². The van der Waals surface area contributed by atoms with Crippen molar-refractivity contribution in [2.75, 3.05) is 25.0 Å². The SMILES string of the molecule is Cc1cc(NCCC(=O)N2CCCCC2)cc([N+](=O)[O-])c1. The minimum absolute atomic E-state index is 0.0693. The molecule has 1 amide bonds. The molecule has 0 radical (unpaired) electrons. The van der Waals surface area contributed by atoms with Crippen LogP contribution in [0.2, 0.25) is 0 Å². The molecule has 0 spiro atoms. The molecule has 21 heavy (non-hydrogen) atoms. The first-order valence-corrected chi connectivity index (χ1v) is 7.34. The van der Waals surface area contributed by atoms with Crippen molar-refractivity contribution >= 4 is 17.3 Å². The maximum absolute atomic E-state index is 12.0. The number of amides is 1. The van der Waals surface area contributed by atoms with E-state index in [-0.39, 0.29) is 11.6 Å². The molecule has 114 valence electrons. The number of hydrogen-bond donors (Lipinski definition) is 1. The second kappa shape index (κ2) is 7.06. The molecule has 1 aliphatic heterocycles. The Morgan fingerprint density at radius 3 is 2.67 bits per heavy atom. The van der Waals surface area contributed by atoms with Crippen LogP contribution < -0.4 is 5.32 Å². The number of carbonyl (C=O) groups is 1. The van der Waals surface area contributed by atoms with Crippen LogP contribution in [0.3, 0.4) is 0 Å². The number of nitro groups is 1. The van der Waals surface area contributed by atoms with Gasteiger partial charge in [-0.05, 0) is 37.8 Å². The predicted octanol–water partition coefficient (Wildman–Crippen LogP) is 2.72. The van der Waals surface area contributed by atoms with Gasteiger partial charge in [-0.15, -0.1) is 0 Å². The number of hydrogen-bond acceptors (Lipinski definition) is 4. The Balaban J connectivity index is 1.85. The van der Waals surface area contributed by atoms with Crippen LogP contribution in [0.15, 0.2) is 18.2 Å². The van der Waals surface area contributed by atoms with E-state index in [1.807, 2.05) is 17.9 Å². The average molecular weight is 291 g/mol. The lowest BCUT2D eigenvalue weighted by Gasteiger charge is -2.26. The van der Waals surface area contributed by atoms with Gasteiger partial charge in [0.05, 0.1) is 4.92 Å². The number of likely N-dealkylation sites (tertiary alicyclic amines) is 1. The average Bonchev–Trinajstić information content (AvgIpc) is 2.47. The van der Waals surface area contributed by atoms with Crippen molar-refractivity contribution in [2.45, 2.75) is 32.6 Å². The summed E-state index contributed by atoms with van der Waals surface area (Å²) in [6.45, 7) is 4.02. The fourth-order valence-electron chi connectivity index (χ4n) is 2.59. The number of rotatable bonds is 5. The summed E-state index contributed by atoms with van der Waals surface area (Å²) in [6, 6.07) is 4.88. The number of nitro benzene ring substituents is 1. The molecule has 1 N–H and O–H groups in total. The van der Waals surface area contributed by atoms with Gasteiger partial charge in [0.2, 0.25) is 5.91 Å². The molecule has 0 bridgehead atoms. The van der Waals surface area contributed by atoms with Gasteiger partial charge in [0.25, 0.3) is 5.69 Å². The molecule has 6 nitrogen and oxygen atoms in total. The summed E-state index contributed by atoms with van der Waals surface area (Å²) in [4.78, 5) is 24.3. The Morgan fingerprint density at radius 2 is 2.00 bits per heavy atom. The van der Waals surface area contributed by atoms with Crippen molar-refractivity contribution in [3.05, 3.63) is 33.9 Å². The summed E-state index contributed by atoms with van der Waals surface area (Å²) >= 11 is 0. The Bertz CT molecular complexity index is 525. The molecular weight excluding hydrogens is 270 g/mol. The first kappa shape index (κ1) is 15.3. The van der Waals surface area contributed by atoms with Crippen LogP contribution in [0.1, 0.15) is 31.2 Å². The summed E-state index contributed by atoms with van der Waals surface area (Å²) in [5.41, 5.74) is 1.59. The number of benzene rings is 1. The Kier molecular flexibility index (Phi) is 5.14. The fraction of sp³-hybridized carbons (Fsp3) is 0.533. The number of aryl methyl sites for hydroxylation is 1. The summed E-state index contributed by atoms with van der Waals surface area (Å²) in [5, 5.41) is 13.9. The second-order valence-corrected chi connectivity index (χ2v) is 5.43. The van der Waals surface area contributed by atoms with Crippen LogP contribution in [0, 0.1) is 17.0 Å². The van der Waals surface area contributed by atoms with Crippen molar-refractivity contribution in [3.63, 3.8) is 0 Å². The van der Waals surface area contributed by atoms with Crippen LogP contribution in [-0.2, 0) is 4.79 Å². The van der Waals surface area contributed by atoms with E-state index in [0.29, 0.717) is 18.7 Å². The van der Waals surface area contributed by atoms with Crippen molar-refractivity contribution in [2.24, 2.45) is 0 Å². The molecule has 2 rings (SSSR count). The summed E-state index contributed by atoms with van der Waals surface area (Å²) in [6.07, 6.45) is 3.79. The van der Waals surface area contributed by atoms with E-state index in [1.165, 1.54) is 18.6 Å². The normalized spacial score (nSPS) is 14.8. The summed E-state index contributed by atoms with van der Waals surface area (Å²) in [5.74, 6) is 0.157. The predicted molar refractivity (Wildman–Crippen MR) is 81.4 cm³/mol. The quantitative estimate of drug-likeness (QED) is 0.668. The third kappa shape index (κ3) is 4.44. The number of nitrogens with zero attached hydrogens (tertiary/aromatic N) is 2. The van der Waals surface area contributed by atoms with Crippen LogP contribution in [0.5, 0.6) is 0 Å². The molecule has 0 aromatic heterocycles. The third-order valence-corrected chi connectivity index (χ3v) is 3.65. The highest BCUT2D eigenvalue weighted by Crippen LogP contribution is 2.20. The molecule has 0 saturated carbocycles. The molecule has 1 aliphatic rings. The molecule has 1 fully saturated rings. The molecule has 6 heteroatoms. The Labute approximate surface area is 124 Å². The minimum Gasteiger partial charge on any atom is -0.384 e. The van der Waals surface area contributed by atoms with E-state index in [2.05, 4.69) is 5.32 Å². The highest BCUT2D eigenvalue weighted by molar-refractivity contribution is 5.76. The lowest BCUT2D eigenvalue weighted by atomic mass is 10.1. The van der Waals surface area contributed by atoms with Gasteiger partial charge in [-0.1, -0.05) is 0 Å². The monoisotopic (exact) mass is 291 g/mol. The topological polar surface area (TPSA) is 75.5 Å². The number of piperidine rings is 1. The zero-order valence-corrected chi connectivity index (χ0v) is 12.3. The standard InChI is InChI=1S/C15H21N3O3/c1-12-9-13(11-14(10-12)18(20)21)16-6-5-15(19)17-7-3-2-4-8-17/h9-11,16H,2-8H2,1H3. The maximum atomic E-state index is 12.0. The third-order valence-electron chi connectivity index (χ3n) is 3.65. The van der Waals surface area contributed by atoms with E-state index in [1.54, 1.807) is 0 Å². The zero-order valence-electron chi connectivity index (χ0n) is 12.3. The minimum atomic E-state index is -0.406. The Hall–Kier alpha value is -2.11. The van der Waals surface area contributed by atoms with Crippen LogP contribution in [0.25, 0.3) is 0 Å². The van der Waals surface area contributed by atoms with Crippen molar-refractivity contribution in [3.8, 4) is 0 Å². The highest BCUT2D eigenvalue weighted by Gasteiger charge is 2.16. The van der Waals surface area contributed by atoms with E-state index >= 15 is 0 Å². The molecule has 0 atom stereocenters. The van der Waals surface area contributed by atoms with Gasteiger partial charge < -0.3 is 10.2 Å². The second-order valence-electron chi connectivity index (χ2n) is 5.43. The van der Waals surface area contributed by atoms with Crippen LogP contribution >= 0.6 is 0 Å². The van der Waals surface area contributed by atoms with Crippen LogP contribution in [0.4, 0.5) is 11.4 Å². The van der Waals surface area contributed by atoms with Crippen molar-refractivity contribution in [1.29, 1.82) is 0 Å². The molecule has 1 heterocycles. The number of non-ortho nitro benzene ring substituents is 1. The van der Waals surface area contributed by atoms with Gasteiger partial charge in [-0.2, -0.15) is 0 Å². The van der Waals surface area contributed by atoms with E-state index in [4.69, 9.17) is 0 Å². The first-order valence-electron chi connectivity index (χ1n) is 7.34. The maximum Gasteiger partial charge on any atom is 0.271 e. The van der Waals surface area contributed by atoms with Crippen molar-refractivity contribution in [1.82, 2.24) is 4.90 Å². The highest BCUT2D eigenvalue weighted by atomic mass is 16.6. The van der Waals surface area contributed by atoms with E-state index in [9.17, 15) is 14.9 Å². The van der Waals surface area contributed by atoms with Gasteiger partial charge in [0, 0.05) is 43.9 Å². The lowest BCUT2D eigenvalue weighted by Crippen LogP contribution is -2.36. The zero-order chi connectivity index (χ0) is 15.2. The summed E-state index contributed by atoms with van der Waals surface area (Å²) < 4.78 is 0.